The molecule has 0 saturated carbocycles. The van der Waals surface area contributed by atoms with Crippen molar-refractivity contribution in [3.8, 4) is 0 Å². The van der Waals surface area contributed by atoms with Gasteiger partial charge in [-0.2, -0.15) is 0 Å². The maximum absolute atomic E-state index is 14.0. The molecule has 6 rings (SSSR count). The van der Waals surface area contributed by atoms with Crippen molar-refractivity contribution in [2.75, 3.05) is 23.8 Å². The number of rotatable bonds is 7. The number of hydrogen-bond donors (Lipinski definition) is 3. The van der Waals surface area contributed by atoms with Crippen molar-refractivity contribution in [2.45, 2.75) is 35.8 Å². The summed E-state index contributed by atoms with van der Waals surface area (Å²) < 4.78 is -0.698. The Balaban J connectivity index is 1.34. The SMILES string of the molecule is CC1C[C@@H]2SC13C(C(=O)Nc1ccc4ccccc4c1)N(CCCO)C(=O)[C@@H]3[C@@H]2C(=O)Nc1ccccc1. The number of thioether (sulfide) groups is 1. The van der Waals surface area contributed by atoms with Crippen LogP contribution in [-0.4, -0.2) is 56.9 Å². The number of benzene rings is 3. The predicted octanol–water partition coefficient (Wildman–Crippen LogP) is 4.14. The number of carbonyl (C=O) groups is 3. The summed E-state index contributed by atoms with van der Waals surface area (Å²) in [6.07, 6.45) is 1.15. The van der Waals surface area contributed by atoms with Gasteiger partial charge < -0.3 is 20.6 Å². The minimum absolute atomic E-state index is 0.0291. The summed E-state index contributed by atoms with van der Waals surface area (Å²) >= 11 is 1.65. The molecule has 3 aromatic rings. The Morgan fingerprint density at radius 3 is 2.45 bits per heavy atom. The Morgan fingerprint density at radius 1 is 0.974 bits per heavy atom. The molecule has 3 amide bonds. The maximum atomic E-state index is 14.0. The zero-order valence-electron chi connectivity index (χ0n) is 21.2. The van der Waals surface area contributed by atoms with Crippen LogP contribution in [0.5, 0.6) is 0 Å². The highest BCUT2D eigenvalue weighted by Gasteiger charge is 2.75. The topological polar surface area (TPSA) is 98.7 Å². The average molecular weight is 530 g/mol. The molecule has 1 spiro atoms. The van der Waals surface area contributed by atoms with Gasteiger partial charge in [-0.1, -0.05) is 55.5 Å². The molecule has 2 bridgehead atoms. The third kappa shape index (κ3) is 3.89. The Labute approximate surface area is 226 Å². The van der Waals surface area contributed by atoms with Gasteiger partial charge in [0.15, 0.2) is 0 Å². The maximum Gasteiger partial charge on any atom is 0.248 e. The van der Waals surface area contributed by atoms with E-state index in [4.69, 9.17) is 0 Å². The molecular formula is C30H31N3O4S. The molecule has 0 aromatic heterocycles. The van der Waals surface area contributed by atoms with Gasteiger partial charge in [-0.25, -0.2) is 0 Å². The first kappa shape index (κ1) is 24.9. The summed E-state index contributed by atoms with van der Waals surface area (Å²) in [5.74, 6) is -1.59. The van der Waals surface area contributed by atoms with Gasteiger partial charge in [0.1, 0.15) is 6.04 Å². The normalized spacial score (nSPS) is 29.5. The number of fused-ring (bicyclic) bond motifs is 2. The van der Waals surface area contributed by atoms with E-state index in [0.29, 0.717) is 17.8 Å². The van der Waals surface area contributed by atoms with Gasteiger partial charge in [-0.05, 0) is 53.8 Å². The molecule has 3 unspecified atom stereocenters. The second kappa shape index (κ2) is 9.75. The number of aliphatic hydroxyl groups is 1. The third-order valence-corrected chi connectivity index (χ3v) is 10.5. The van der Waals surface area contributed by atoms with Crippen LogP contribution in [0.4, 0.5) is 11.4 Å². The molecular weight excluding hydrogens is 498 g/mol. The van der Waals surface area contributed by atoms with E-state index >= 15 is 0 Å². The summed E-state index contributed by atoms with van der Waals surface area (Å²) in [5.41, 5.74) is 1.37. The number of nitrogens with zero attached hydrogens (tertiary/aromatic N) is 1. The summed E-state index contributed by atoms with van der Waals surface area (Å²) in [6.45, 7) is 2.29. The Kier molecular flexibility index (Phi) is 6.40. The smallest absolute Gasteiger partial charge is 0.248 e. The second-order valence-corrected chi connectivity index (χ2v) is 12.1. The zero-order chi connectivity index (χ0) is 26.4. The first-order valence-corrected chi connectivity index (χ1v) is 14.1. The van der Waals surface area contributed by atoms with Crippen molar-refractivity contribution in [1.82, 2.24) is 4.90 Å². The number of para-hydroxylation sites is 1. The van der Waals surface area contributed by atoms with Crippen molar-refractivity contribution in [3.63, 3.8) is 0 Å². The number of anilines is 2. The molecule has 3 aliphatic rings. The number of aliphatic hydroxyl groups excluding tert-OH is 1. The molecule has 7 nitrogen and oxygen atoms in total. The van der Waals surface area contributed by atoms with E-state index in [1.54, 1.807) is 16.7 Å². The standard InChI is InChI=1S/C30H31N3O4S/c1-18-16-23-24(27(35)31-21-10-3-2-4-11-21)25-29(37)33(14-7-15-34)26(30(18,25)38-23)28(36)32-22-13-12-19-8-5-6-9-20(19)17-22/h2-6,8-13,17-18,23-26,34H,7,14-16H2,1H3,(H,31,35)(H,32,36)/t18?,23-,24+,25-,26?,30?/m0/s1. The molecule has 3 saturated heterocycles. The first-order valence-electron chi connectivity index (χ1n) is 13.2. The van der Waals surface area contributed by atoms with Gasteiger partial charge in [0.2, 0.25) is 17.7 Å². The Hall–Kier alpha value is -3.36. The fourth-order valence-electron chi connectivity index (χ4n) is 6.83. The van der Waals surface area contributed by atoms with Crippen LogP contribution in [0.25, 0.3) is 10.8 Å². The number of carbonyl (C=O) groups excluding carboxylic acids is 3. The number of likely N-dealkylation sites (tertiary alicyclic amines) is 1. The summed E-state index contributed by atoms with van der Waals surface area (Å²) in [5, 5.41) is 17.7. The zero-order valence-corrected chi connectivity index (χ0v) is 22.0. The Morgan fingerprint density at radius 2 is 1.68 bits per heavy atom. The summed E-state index contributed by atoms with van der Waals surface area (Å²) in [4.78, 5) is 43.2. The molecule has 196 valence electrons. The highest BCUT2D eigenvalue weighted by Crippen LogP contribution is 2.68. The van der Waals surface area contributed by atoms with Crippen LogP contribution in [0.3, 0.4) is 0 Å². The van der Waals surface area contributed by atoms with E-state index in [-0.39, 0.29) is 42.0 Å². The van der Waals surface area contributed by atoms with Gasteiger partial charge >= 0.3 is 0 Å². The van der Waals surface area contributed by atoms with Crippen LogP contribution in [0.15, 0.2) is 72.8 Å². The lowest BCUT2D eigenvalue weighted by atomic mass is 9.66. The largest absolute Gasteiger partial charge is 0.396 e. The molecule has 0 radical (unpaired) electrons. The van der Waals surface area contributed by atoms with Crippen molar-refractivity contribution < 1.29 is 19.5 Å². The number of amides is 3. The monoisotopic (exact) mass is 529 g/mol. The van der Waals surface area contributed by atoms with Gasteiger partial charge in [0, 0.05) is 29.8 Å². The molecule has 3 aliphatic heterocycles. The van der Waals surface area contributed by atoms with Crippen LogP contribution >= 0.6 is 11.8 Å². The lowest BCUT2D eigenvalue weighted by molar-refractivity contribution is -0.138. The van der Waals surface area contributed by atoms with E-state index in [1.807, 2.05) is 72.8 Å². The lowest BCUT2D eigenvalue weighted by Crippen LogP contribution is -2.54. The van der Waals surface area contributed by atoms with Crippen LogP contribution in [0.1, 0.15) is 19.8 Å². The predicted molar refractivity (Wildman–Crippen MR) is 150 cm³/mol. The minimum atomic E-state index is -0.724. The van der Waals surface area contributed by atoms with Crippen LogP contribution in [0, 0.1) is 17.8 Å². The number of nitrogens with one attached hydrogen (secondary N) is 2. The van der Waals surface area contributed by atoms with E-state index in [2.05, 4.69) is 17.6 Å². The highest BCUT2D eigenvalue weighted by atomic mass is 32.2. The number of hydrogen-bond acceptors (Lipinski definition) is 5. The van der Waals surface area contributed by atoms with Crippen molar-refractivity contribution >= 4 is 51.6 Å². The third-order valence-electron chi connectivity index (χ3n) is 8.41. The van der Waals surface area contributed by atoms with E-state index in [1.165, 1.54) is 0 Å². The molecule has 6 atom stereocenters. The van der Waals surface area contributed by atoms with E-state index < -0.39 is 22.6 Å². The van der Waals surface area contributed by atoms with Crippen LogP contribution < -0.4 is 10.6 Å². The molecule has 3 aromatic carbocycles. The lowest BCUT2D eigenvalue weighted by Gasteiger charge is -2.38. The minimum Gasteiger partial charge on any atom is -0.396 e. The summed E-state index contributed by atoms with van der Waals surface area (Å²) in [6, 6.07) is 22.3. The molecule has 3 heterocycles. The second-order valence-electron chi connectivity index (χ2n) is 10.6. The van der Waals surface area contributed by atoms with Crippen LogP contribution in [0.2, 0.25) is 0 Å². The van der Waals surface area contributed by atoms with Crippen LogP contribution in [-0.2, 0) is 14.4 Å². The summed E-state index contributed by atoms with van der Waals surface area (Å²) in [7, 11) is 0. The van der Waals surface area contributed by atoms with Gasteiger partial charge in [0.05, 0.1) is 16.6 Å². The fourth-order valence-corrected chi connectivity index (χ4v) is 9.25. The fraction of sp³-hybridized carbons (Fsp3) is 0.367. The average Bonchev–Trinajstić information content (AvgIpc) is 3.51. The first-order chi connectivity index (χ1) is 18.4. The van der Waals surface area contributed by atoms with Gasteiger partial charge in [0.25, 0.3) is 0 Å². The van der Waals surface area contributed by atoms with Gasteiger partial charge in [-0.3, -0.25) is 14.4 Å². The van der Waals surface area contributed by atoms with Gasteiger partial charge in [-0.15, -0.1) is 11.8 Å². The van der Waals surface area contributed by atoms with E-state index in [0.717, 1.165) is 17.2 Å². The molecule has 8 heteroatoms. The quantitative estimate of drug-likeness (QED) is 0.427. The van der Waals surface area contributed by atoms with Crippen molar-refractivity contribution in [3.05, 3.63) is 72.8 Å². The Bertz CT molecular complexity index is 1400. The molecule has 38 heavy (non-hydrogen) atoms. The molecule has 3 fully saturated rings. The highest BCUT2D eigenvalue weighted by molar-refractivity contribution is 8.02. The van der Waals surface area contributed by atoms with E-state index in [9.17, 15) is 19.5 Å². The molecule has 0 aliphatic carbocycles. The van der Waals surface area contributed by atoms with Crippen molar-refractivity contribution in [2.24, 2.45) is 17.8 Å². The molecule has 3 N–H and O–H groups in total. The van der Waals surface area contributed by atoms with Crippen molar-refractivity contribution in [1.29, 1.82) is 0 Å².